The monoisotopic (exact) mass is 338 g/mol. The predicted molar refractivity (Wildman–Crippen MR) is 83.6 cm³/mol. The van der Waals surface area contributed by atoms with Crippen LogP contribution in [0.4, 0.5) is 0 Å². The molecule has 0 aliphatic carbocycles. The van der Waals surface area contributed by atoms with Crippen molar-refractivity contribution < 1.29 is 0 Å². The van der Waals surface area contributed by atoms with Crippen molar-refractivity contribution in [1.29, 1.82) is 0 Å². The summed E-state index contributed by atoms with van der Waals surface area (Å²) in [6.07, 6.45) is 3.74. The summed E-state index contributed by atoms with van der Waals surface area (Å²) in [6.45, 7) is 4.99. The lowest BCUT2D eigenvalue weighted by Gasteiger charge is -2.20. The van der Waals surface area contributed by atoms with Crippen LogP contribution in [0.2, 0.25) is 5.02 Å². The van der Waals surface area contributed by atoms with Gasteiger partial charge < -0.3 is 5.32 Å². The largest absolute Gasteiger partial charge is 0.306 e. The Labute approximate surface area is 127 Å². The minimum Gasteiger partial charge on any atom is -0.306 e. The van der Waals surface area contributed by atoms with Gasteiger partial charge in [-0.15, -0.1) is 0 Å². The molecule has 1 aromatic heterocycles. The van der Waals surface area contributed by atoms with Crippen LogP contribution in [0.3, 0.4) is 0 Å². The first-order valence-electron chi connectivity index (χ1n) is 6.21. The molecule has 2 nitrogen and oxygen atoms in total. The van der Waals surface area contributed by atoms with E-state index in [4.69, 9.17) is 11.6 Å². The van der Waals surface area contributed by atoms with Crippen molar-refractivity contribution in [3.8, 4) is 0 Å². The molecule has 1 heterocycles. The van der Waals surface area contributed by atoms with Crippen molar-refractivity contribution >= 4 is 27.5 Å². The zero-order valence-electron chi connectivity index (χ0n) is 11.0. The second kappa shape index (κ2) is 6.51. The van der Waals surface area contributed by atoms with Crippen LogP contribution in [0.1, 0.15) is 29.7 Å². The topological polar surface area (TPSA) is 24.9 Å². The summed E-state index contributed by atoms with van der Waals surface area (Å²) < 4.78 is 1.02. The zero-order valence-corrected chi connectivity index (χ0v) is 13.3. The van der Waals surface area contributed by atoms with Gasteiger partial charge in [0.15, 0.2) is 0 Å². The first-order chi connectivity index (χ1) is 9.11. The van der Waals surface area contributed by atoms with E-state index in [1.807, 2.05) is 31.5 Å². The number of rotatable bonds is 4. The van der Waals surface area contributed by atoms with E-state index < -0.39 is 0 Å². The SMILES string of the molecule is CCNC(c1cncc(C)c1)c1cc(Br)ccc1Cl. The van der Waals surface area contributed by atoms with Gasteiger partial charge in [0.05, 0.1) is 6.04 Å². The van der Waals surface area contributed by atoms with E-state index >= 15 is 0 Å². The summed E-state index contributed by atoms with van der Waals surface area (Å²) in [7, 11) is 0. The van der Waals surface area contributed by atoms with Gasteiger partial charge in [0, 0.05) is 21.9 Å². The lowest BCUT2D eigenvalue weighted by atomic mass is 9.99. The molecule has 0 saturated carbocycles. The molecule has 0 aliphatic heterocycles. The number of hydrogen-bond acceptors (Lipinski definition) is 2. The summed E-state index contributed by atoms with van der Waals surface area (Å²) in [6, 6.07) is 8.11. The lowest BCUT2D eigenvalue weighted by Crippen LogP contribution is -2.22. The fraction of sp³-hybridized carbons (Fsp3) is 0.267. The standard InChI is InChI=1S/C15H16BrClN2/c1-3-19-15(11-6-10(2)8-18-9-11)13-7-12(16)4-5-14(13)17/h4-9,15,19H,3H2,1-2H3. The van der Waals surface area contributed by atoms with Crippen LogP contribution in [0.25, 0.3) is 0 Å². The molecule has 0 radical (unpaired) electrons. The van der Waals surface area contributed by atoms with Crippen LogP contribution in [-0.2, 0) is 0 Å². The molecule has 0 amide bonds. The molecular weight excluding hydrogens is 324 g/mol. The summed E-state index contributed by atoms with van der Waals surface area (Å²) in [5, 5.41) is 4.23. The van der Waals surface area contributed by atoms with Gasteiger partial charge in [0.2, 0.25) is 0 Å². The van der Waals surface area contributed by atoms with Gasteiger partial charge >= 0.3 is 0 Å². The van der Waals surface area contributed by atoms with Crippen LogP contribution in [0.5, 0.6) is 0 Å². The van der Waals surface area contributed by atoms with Gasteiger partial charge in [-0.1, -0.05) is 40.5 Å². The first-order valence-corrected chi connectivity index (χ1v) is 7.38. The van der Waals surface area contributed by atoms with Crippen LogP contribution in [-0.4, -0.2) is 11.5 Å². The van der Waals surface area contributed by atoms with Crippen molar-refractivity contribution in [3.05, 3.63) is 62.8 Å². The third-order valence-electron chi connectivity index (χ3n) is 2.91. The normalized spacial score (nSPS) is 12.4. The van der Waals surface area contributed by atoms with Gasteiger partial charge in [-0.25, -0.2) is 0 Å². The molecule has 1 N–H and O–H groups in total. The fourth-order valence-corrected chi connectivity index (χ4v) is 2.69. The number of halogens is 2. The zero-order chi connectivity index (χ0) is 13.8. The number of nitrogens with zero attached hydrogens (tertiary/aromatic N) is 1. The molecule has 0 saturated heterocycles. The van der Waals surface area contributed by atoms with Crippen molar-refractivity contribution in [3.63, 3.8) is 0 Å². The van der Waals surface area contributed by atoms with Crippen LogP contribution < -0.4 is 5.32 Å². The van der Waals surface area contributed by atoms with E-state index in [0.717, 1.165) is 32.7 Å². The van der Waals surface area contributed by atoms with Gasteiger partial charge in [-0.2, -0.15) is 0 Å². The molecule has 1 unspecified atom stereocenters. The molecule has 2 rings (SSSR count). The molecule has 2 aromatic rings. The Morgan fingerprint density at radius 3 is 2.79 bits per heavy atom. The second-order valence-corrected chi connectivity index (χ2v) is 5.78. The quantitative estimate of drug-likeness (QED) is 0.887. The highest BCUT2D eigenvalue weighted by molar-refractivity contribution is 9.10. The van der Waals surface area contributed by atoms with Crippen molar-refractivity contribution in [1.82, 2.24) is 10.3 Å². The number of nitrogens with one attached hydrogen (secondary N) is 1. The Morgan fingerprint density at radius 2 is 2.11 bits per heavy atom. The van der Waals surface area contributed by atoms with Crippen molar-refractivity contribution in [2.45, 2.75) is 19.9 Å². The van der Waals surface area contributed by atoms with Gasteiger partial charge in [0.1, 0.15) is 0 Å². The number of hydrogen-bond donors (Lipinski definition) is 1. The van der Waals surface area contributed by atoms with E-state index in [1.54, 1.807) is 0 Å². The highest BCUT2D eigenvalue weighted by Gasteiger charge is 2.16. The minimum atomic E-state index is 0.0578. The summed E-state index contributed by atoms with van der Waals surface area (Å²) in [5.74, 6) is 0. The van der Waals surface area contributed by atoms with Crippen LogP contribution >= 0.6 is 27.5 Å². The number of aromatic nitrogens is 1. The Hall–Kier alpha value is -0.900. The van der Waals surface area contributed by atoms with E-state index in [9.17, 15) is 0 Å². The molecule has 100 valence electrons. The average Bonchev–Trinajstić information content (AvgIpc) is 2.39. The Morgan fingerprint density at radius 1 is 1.32 bits per heavy atom. The maximum atomic E-state index is 6.34. The number of aryl methyl sites for hydroxylation is 1. The maximum absolute atomic E-state index is 6.34. The summed E-state index contributed by atoms with van der Waals surface area (Å²) in [5.41, 5.74) is 3.33. The number of benzene rings is 1. The molecule has 0 spiro atoms. The third-order valence-corrected chi connectivity index (χ3v) is 3.74. The highest BCUT2D eigenvalue weighted by Crippen LogP contribution is 2.30. The molecule has 0 bridgehead atoms. The lowest BCUT2D eigenvalue weighted by molar-refractivity contribution is 0.628. The summed E-state index contributed by atoms with van der Waals surface area (Å²) >= 11 is 9.84. The highest BCUT2D eigenvalue weighted by atomic mass is 79.9. The average molecular weight is 340 g/mol. The van der Waals surface area contributed by atoms with E-state index in [2.05, 4.69) is 45.3 Å². The molecule has 1 aromatic carbocycles. The maximum Gasteiger partial charge on any atom is 0.0607 e. The van der Waals surface area contributed by atoms with Crippen LogP contribution in [0, 0.1) is 6.92 Å². The predicted octanol–water partition coefficient (Wildman–Crippen LogP) is 4.50. The first kappa shape index (κ1) is 14.5. The number of pyridine rings is 1. The molecule has 1 atom stereocenters. The van der Waals surface area contributed by atoms with Gasteiger partial charge in [-0.3, -0.25) is 4.98 Å². The molecule has 4 heteroatoms. The van der Waals surface area contributed by atoms with Crippen LogP contribution in [0.15, 0.2) is 41.1 Å². The smallest absolute Gasteiger partial charge is 0.0607 e. The third kappa shape index (κ3) is 3.56. The van der Waals surface area contributed by atoms with E-state index in [1.165, 1.54) is 0 Å². The Balaban J connectivity index is 2.48. The van der Waals surface area contributed by atoms with Crippen molar-refractivity contribution in [2.75, 3.05) is 6.54 Å². The molecule has 0 aliphatic rings. The Bertz CT molecular complexity index is 572. The fourth-order valence-electron chi connectivity index (χ4n) is 2.08. The second-order valence-electron chi connectivity index (χ2n) is 4.45. The van der Waals surface area contributed by atoms with Gasteiger partial charge in [0.25, 0.3) is 0 Å². The van der Waals surface area contributed by atoms with E-state index in [-0.39, 0.29) is 6.04 Å². The molecule has 0 fully saturated rings. The van der Waals surface area contributed by atoms with E-state index in [0.29, 0.717) is 0 Å². The summed E-state index contributed by atoms with van der Waals surface area (Å²) in [4.78, 5) is 4.27. The van der Waals surface area contributed by atoms with Gasteiger partial charge in [-0.05, 0) is 48.4 Å². The molecular formula is C15H16BrClN2. The Kier molecular flexibility index (Phi) is 4.97. The minimum absolute atomic E-state index is 0.0578. The molecule has 19 heavy (non-hydrogen) atoms. The van der Waals surface area contributed by atoms with Crippen molar-refractivity contribution in [2.24, 2.45) is 0 Å².